The minimum atomic E-state index is -1.29. The van der Waals surface area contributed by atoms with Crippen LogP contribution in [0.15, 0.2) is 16.6 Å². The van der Waals surface area contributed by atoms with Gasteiger partial charge in [0.25, 0.3) is 0 Å². The molecule has 1 amide bonds. The molecule has 0 aromatic heterocycles. The predicted molar refractivity (Wildman–Crippen MR) is 60.0 cm³/mol. The van der Waals surface area contributed by atoms with Gasteiger partial charge in [-0.3, -0.25) is 9.59 Å². The number of benzene rings is 1. The number of hydrogen-bond acceptors (Lipinski definition) is 2. The lowest BCUT2D eigenvalue weighted by atomic mass is 10.3. The van der Waals surface area contributed by atoms with Gasteiger partial charge in [0.1, 0.15) is 6.42 Å². The molecule has 1 rings (SSSR count). The second-order valence-corrected chi connectivity index (χ2v) is 4.07. The Morgan fingerprint density at radius 1 is 1.50 bits per heavy atom. The van der Waals surface area contributed by atoms with Gasteiger partial charge in [-0.15, -0.1) is 0 Å². The van der Waals surface area contributed by atoms with E-state index in [1.165, 1.54) is 12.1 Å². The summed E-state index contributed by atoms with van der Waals surface area (Å²) in [6.45, 7) is 0. The van der Waals surface area contributed by atoms with E-state index in [4.69, 9.17) is 16.7 Å². The summed E-state index contributed by atoms with van der Waals surface area (Å²) in [6, 6.07) is 2.73. The summed E-state index contributed by atoms with van der Waals surface area (Å²) in [5, 5.41) is 10.3. The number of carbonyl (C=O) groups excluding carboxylic acids is 1. The maximum absolute atomic E-state index is 13.4. The lowest BCUT2D eigenvalue weighted by molar-refractivity contribution is -0.139. The zero-order valence-corrected chi connectivity index (χ0v) is 10.1. The summed E-state index contributed by atoms with van der Waals surface area (Å²) in [7, 11) is 0. The van der Waals surface area contributed by atoms with Crippen LogP contribution >= 0.6 is 27.5 Å². The van der Waals surface area contributed by atoms with E-state index in [0.717, 1.165) is 0 Å². The summed E-state index contributed by atoms with van der Waals surface area (Å²) in [5.74, 6) is -2.92. The lowest BCUT2D eigenvalue weighted by Crippen LogP contribution is -2.16. The van der Waals surface area contributed by atoms with E-state index in [1.807, 2.05) is 0 Å². The number of anilines is 1. The van der Waals surface area contributed by atoms with Crippen LogP contribution in [0.25, 0.3) is 0 Å². The van der Waals surface area contributed by atoms with Crippen molar-refractivity contribution in [3.05, 3.63) is 27.4 Å². The second kappa shape index (κ2) is 5.27. The Kier molecular flexibility index (Phi) is 4.26. The minimum absolute atomic E-state index is 0.153. The number of nitrogens with one attached hydrogen (secondary N) is 1. The quantitative estimate of drug-likeness (QED) is 0.666. The van der Waals surface area contributed by atoms with Gasteiger partial charge in [0.2, 0.25) is 5.91 Å². The van der Waals surface area contributed by atoms with Crippen LogP contribution in [0.5, 0.6) is 0 Å². The normalized spacial score (nSPS) is 9.94. The Hall–Kier alpha value is -1.14. The Balaban J connectivity index is 2.86. The van der Waals surface area contributed by atoms with Gasteiger partial charge in [-0.25, -0.2) is 4.39 Å². The topological polar surface area (TPSA) is 66.4 Å². The van der Waals surface area contributed by atoms with Gasteiger partial charge >= 0.3 is 5.97 Å². The van der Waals surface area contributed by atoms with Crippen molar-refractivity contribution in [3.63, 3.8) is 0 Å². The van der Waals surface area contributed by atoms with Gasteiger partial charge < -0.3 is 10.4 Å². The fraction of sp³-hybridized carbons (Fsp3) is 0.111. The van der Waals surface area contributed by atoms with E-state index < -0.39 is 24.1 Å². The largest absolute Gasteiger partial charge is 0.481 e. The van der Waals surface area contributed by atoms with Gasteiger partial charge in [0, 0.05) is 4.47 Å². The predicted octanol–water partition coefficient (Wildman–Crippen LogP) is 2.65. The minimum Gasteiger partial charge on any atom is -0.481 e. The van der Waals surface area contributed by atoms with E-state index in [-0.39, 0.29) is 10.7 Å². The standard InChI is InChI=1S/C9H6BrClFNO3/c10-4-1-2-5(9(12)8(4)11)13-6(14)3-7(15)16/h1-2H,3H2,(H,13,14)(H,15,16). The average Bonchev–Trinajstić information content (AvgIpc) is 2.18. The Labute approximate surface area is 104 Å². The van der Waals surface area contributed by atoms with Gasteiger partial charge in [-0.2, -0.15) is 0 Å². The molecular weight excluding hydrogens is 304 g/mol. The maximum Gasteiger partial charge on any atom is 0.312 e. The summed E-state index contributed by atoms with van der Waals surface area (Å²) >= 11 is 8.59. The van der Waals surface area contributed by atoms with Gasteiger partial charge in [-0.1, -0.05) is 11.6 Å². The average molecular weight is 311 g/mol. The highest BCUT2D eigenvalue weighted by Crippen LogP contribution is 2.30. The third-order valence-electron chi connectivity index (χ3n) is 1.62. The molecule has 7 heteroatoms. The molecule has 0 spiro atoms. The molecule has 0 aliphatic heterocycles. The second-order valence-electron chi connectivity index (χ2n) is 2.84. The molecular formula is C9H6BrClFNO3. The van der Waals surface area contributed by atoms with Crippen LogP contribution in [-0.4, -0.2) is 17.0 Å². The van der Waals surface area contributed by atoms with Crippen molar-refractivity contribution < 1.29 is 19.1 Å². The van der Waals surface area contributed by atoms with Crippen LogP contribution in [0, 0.1) is 5.82 Å². The van der Waals surface area contributed by atoms with Gasteiger partial charge in [0.05, 0.1) is 10.7 Å². The van der Waals surface area contributed by atoms with Crippen LogP contribution in [0.2, 0.25) is 5.02 Å². The van der Waals surface area contributed by atoms with E-state index >= 15 is 0 Å². The molecule has 1 aromatic rings. The highest BCUT2D eigenvalue weighted by Gasteiger charge is 2.14. The highest BCUT2D eigenvalue weighted by atomic mass is 79.9. The Bertz CT molecular complexity index is 453. The number of hydrogen-bond donors (Lipinski definition) is 2. The first-order chi connectivity index (χ1) is 7.41. The number of amides is 1. The molecule has 4 nitrogen and oxygen atoms in total. The molecule has 16 heavy (non-hydrogen) atoms. The zero-order valence-electron chi connectivity index (χ0n) is 7.76. The molecule has 0 radical (unpaired) electrons. The molecule has 2 N–H and O–H groups in total. The molecule has 0 aliphatic rings. The van der Waals surface area contributed by atoms with E-state index in [2.05, 4.69) is 21.2 Å². The molecule has 0 unspecified atom stereocenters. The van der Waals surface area contributed by atoms with Gasteiger partial charge in [0.15, 0.2) is 5.82 Å². The van der Waals surface area contributed by atoms with Crippen molar-refractivity contribution >= 4 is 45.1 Å². The Morgan fingerprint density at radius 3 is 2.69 bits per heavy atom. The molecule has 1 aromatic carbocycles. The van der Waals surface area contributed by atoms with Crippen LogP contribution in [-0.2, 0) is 9.59 Å². The first-order valence-electron chi connectivity index (χ1n) is 4.07. The summed E-state index contributed by atoms with van der Waals surface area (Å²) in [4.78, 5) is 21.3. The molecule has 0 atom stereocenters. The smallest absolute Gasteiger partial charge is 0.312 e. The first-order valence-corrected chi connectivity index (χ1v) is 5.24. The number of carboxylic acids is 1. The molecule has 0 bridgehead atoms. The molecule has 0 fully saturated rings. The van der Waals surface area contributed by atoms with Crippen molar-refractivity contribution in [1.82, 2.24) is 0 Å². The Morgan fingerprint density at radius 2 is 2.12 bits per heavy atom. The zero-order chi connectivity index (χ0) is 12.3. The molecule has 0 saturated heterocycles. The fourth-order valence-corrected chi connectivity index (χ4v) is 1.43. The molecule has 0 aliphatic carbocycles. The van der Waals surface area contributed by atoms with Crippen molar-refractivity contribution in [2.75, 3.05) is 5.32 Å². The van der Waals surface area contributed by atoms with Crippen LogP contribution in [0.3, 0.4) is 0 Å². The van der Waals surface area contributed by atoms with Crippen molar-refractivity contribution in [2.45, 2.75) is 6.42 Å². The van der Waals surface area contributed by atoms with E-state index in [0.29, 0.717) is 4.47 Å². The molecule has 0 heterocycles. The lowest BCUT2D eigenvalue weighted by Gasteiger charge is -2.07. The third-order valence-corrected chi connectivity index (χ3v) is 2.88. The maximum atomic E-state index is 13.4. The van der Waals surface area contributed by atoms with E-state index in [1.54, 1.807) is 0 Å². The third kappa shape index (κ3) is 3.18. The van der Waals surface area contributed by atoms with Crippen LogP contribution in [0.1, 0.15) is 6.42 Å². The van der Waals surface area contributed by atoms with Crippen molar-refractivity contribution in [3.8, 4) is 0 Å². The van der Waals surface area contributed by atoms with Crippen LogP contribution in [0.4, 0.5) is 10.1 Å². The molecule has 86 valence electrons. The molecule has 0 saturated carbocycles. The summed E-state index contributed by atoms with van der Waals surface area (Å²) < 4.78 is 13.8. The number of halogens is 3. The van der Waals surface area contributed by atoms with E-state index in [9.17, 15) is 14.0 Å². The number of rotatable bonds is 3. The summed E-state index contributed by atoms with van der Waals surface area (Å²) in [6.07, 6.45) is -0.729. The van der Waals surface area contributed by atoms with Crippen LogP contribution < -0.4 is 5.32 Å². The van der Waals surface area contributed by atoms with Crippen molar-refractivity contribution in [2.24, 2.45) is 0 Å². The van der Waals surface area contributed by atoms with Gasteiger partial charge in [-0.05, 0) is 28.1 Å². The first kappa shape index (κ1) is 12.9. The number of carbonyl (C=O) groups is 2. The summed E-state index contributed by atoms with van der Waals surface area (Å²) in [5.41, 5.74) is -0.153. The van der Waals surface area contributed by atoms with Crippen molar-refractivity contribution in [1.29, 1.82) is 0 Å². The number of carboxylic acid groups (broad SMARTS) is 1. The number of aliphatic carboxylic acids is 1. The monoisotopic (exact) mass is 309 g/mol. The SMILES string of the molecule is O=C(O)CC(=O)Nc1ccc(Br)c(Cl)c1F. The fourth-order valence-electron chi connectivity index (χ4n) is 0.954. The highest BCUT2D eigenvalue weighted by molar-refractivity contribution is 9.10.